The number of anilines is 1. The summed E-state index contributed by atoms with van der Waals surface area (Å²) in [6, 6.07) is 5.96. The Morgan fingerprint density at radius 1 is 1.25 bits per heavy atom. The first-order chi connectivity index (χ1) is 9.53. The van der Waals surface area contributed by atoms with Crippen LogP contribution in [0, 0.1) is 25.2 Å². The van der Waals surface area contributed by atoms with Crippen LogP contribution in [0.3, 0.4) is 0 Å². The molecule has 0 saturated carbocycles. The van der Waals surface area contributed by atoms with Crippen molar-refractivity contribution >= 4 is 16.6 Å². The molecule has 1 aromatic heterocycles. The van der Waals surface area contributed by atoms with Crippen LogP contribution in [0.2, 0.25) is 0 Å². The number of phenolic OH excluding ortho intramolecular Hbond substituents is 1. The molecule has 0 radical (unpaired) electrons. The number of fused-ring (bicyclic) bond motifs is 1. The first kappa shape index (κ1) is 14.1. The maximum absolute atomic E-state index is 10.5. The van der Waals surface area contributed by atoms with Crippen molar-refractivity contribution in [1.29, 1.82) is 5.26 Å². The first-order valence-electron chi connectivity index (χ1n) is 6.82. The van der Waals surface area contributed by atoms with Crippen molar-refractivity contribution in [2.75, 3.05) is 18.0 Å². The fourth-order valence-electron chi connectivity index (χ4n) is 2.55. The Balaban J connectivity index is 2.91. The summed E-state index contributed by atoms with van der Waals surface area (Å²) in [4.78, 5) is 6.65. The molecule has 1 aromatic carbocycles. The summed E-state index contributed by atoms with van der Waals surface area (Å²) < 4.78 is 0. The number of nitriles is 1. The Labute approximate surface area is 119 Å². The van der Waals surface area contributed by atoms with E-state index in [0.29, 0.717) is 10.9 Å². The SMILES string of the molecule is CCN(CC)c1nc(C)cc2cc(C)c(C#N)c(O)c12. The number of rotatable bonds is 3. The van der Waals surface area contributed by atoms with Crippen molar-refractivity contribution in [2.45, 2.75) is 27.7 Å². The highest BCUT2D eigenvalue weighted by Crippen LogP contribution is 2.37. The average Bonchev–Trinajstić information content (AvgIpc) is 2.39. The molecule has 1 heterocycles. The van der Waals surface area contributed by atoms with E-state index in [1.807, 2.05) is 26.0 Å². The topological polar surface area (TPSA) is 60.2 Å². The standard InChI is InChI=1S/C16H19N3O/c1-5-19(6-2)16-14-12(8-11(4)18-16)7-10(3)13(9-17)15(14)20/h7-8,20H,5-6H2,1-4H3. The van der Waals surface area contributed by atoms with E-state index in [2.05, 4.69) is 29.8 Å². The number of benzene rings is 1. The first-order valence-corrected chi connectivity index (χ1v) is 6.82. The van der Waals surface area contributed by atoms with Crippen molar-refractivity contribution in [2.24, 2.45) is 0 Å². The molecule has 2 aromatic rings. The van der Waals surface area contributed by atoms with Crippen LogP contribution in [0.25, 0.3) is 10.8 Å². The van der Waals surface area contributed by atoms with Crippen molar-refractivity contribution in [3.63, 3.8) is 0 Å². The lowest BCUT2D eigenvalue weighted by Crippen LogP contribution is -2.23. The normalized spacial score (nSPS) is 10.6. The zero-order valence-corrected chi connectivity index (χ0v) is 12.4. The van der Waals surface area contributed by atoms with Crippen molar-refractivity contribution in [3.05, 3.63) is 29.0 Å². The number of aromatic nitrogens is 1. The summed E-state index contributed by atoms with van der Waals surface area (Å²) in [7, 11) is 0. The third kappa shape index (κ3) is 2.16. The molecular weight excluding hydrogens is 250 g/mol. The van der Waals surface area contributed by atoms with Gasteiger partial charge in [0.1, 0.15) is 17.6 Å². The Bertz CT molecular complexity index is 697. The fourth-order valence-corrected chi connectivity index (χ4v) is 2.55. The maximum Gasteiger partial charge on any atom is 0.145 e. The van der Waals surface area contributed by atoms with Crippen LogP contribution in [-0.2, 0) is 0 Å². The molecule has 4 heteroatoms. The Kier molecular flexibility index (Phi) is 3.80. The number of aromatic hydroxyl groups is 1. The molecular formula is C16H19N3O. The fraction of sp³-hybridized carbons (Fsp3) is 0.375. The van der Waals surface area contributed by atoms with Gasteiger partial charge in [-0.2, -0.15) is 5.26 Å². The molecule has 0 fully saturated rings. The smallest absolute Gasteiger partial charge is 0.145 e. The van der Waals surface area contributed by atoms with Crippen LogP contribution in [0.4, 0.5) is 5.82 Å². The molecule has 0 saturated heterocycles. The zero-order valence-electron chi connectivity index (χ0n) is 12.4. The molecule has 0 aliphatic heterocycles. The molecule has 0 aliphatic carbocycles. The van der Waals surface area contributed by atoms with Gasteiger partial charge in [-0.3, -0.25) is 0 Å². The maximum atomic E-state index is 10.5. The minimum absolute atomic E-state index is 0.0388. The minimum atomic E-state index is 0.0388. The highest BCUT2D eigenvalue weighted by molar-refractivity contribution is 5.99. The number of phenols is 1. The predicted octanol–water partition coefficient (Wildman–Crippen LogP) is 3.28. The number of hydrogen-bond acceptors (Lipinski definition) is 4. The van der Waals surface area contributed by atoms with Gasteiger partial charge in [-0.1, -0.05) is 0 Å². The summed E-state index contributed by atoms with van der Waals surface area (Å²) in [6.07, 6.45) is 0. The van der Waals surface area contributed by atoms with Gasteiger partial charge in [0.2, 0.25) is 0 Å². The summed E-state index contributed by atoms with van der Waals surface area (Å²) in [5.74, 6) is 0.788. The summed E-state index contributed by atoms with van der Waals surface area (Å²) in [6.45, 7) is 9.49. The van der Waals surface area contributed by atoms with Gasteiger partial charge in [-0.25, -0.2) is 4.98 Å². The Morgan fingerprint density at radius 3 is 2.45 bits per heavy atom. The zero-order chi connectivity index (χ0) is 14.9. The lowest BCUT2D eigenvalue weighted by molar-refractivity contribution is 0.479. The molecule has 4 nitrogen and oxygen atoms in total. The number of nitrogens with zero attached hydrogens (tertiary/aromatic N) is 3. The number of pyridine rings is 1. The van der Waals surface area contributed by atoms with Crippen molar-refractivity contribution < 1.29 is 5.11 Å². The summed E-state index contributed by atoms with van der Waals surface area (Å²) >= 11 is 0. The van der Waals surface area contributed by atoms with Crippen LogP contribution in [-0.4, -0.2) is 23.2 Å². The van der Waals surface area contributed by atoms with Crippen LogP contribution in [0.15, 0.2) is 12.1 Å². The lowest BCUT2D eigenvalue weighted by Gasteiger charge is -2.23. The molecule has 0 spiro atoms. The van der Waals surface area contributed by atoms with E-state index in [1.54, 1.807) is 0 Å². The molecule has 20 heavy (non-hydrogen) atoms. The lowest BCUT2D eigenvalue weighted by atomic mass is 10.0. The summed E-state index contributed by atoms with van der Waals surface area (Å²) in [5.41, 5.74) is 2.02. The Morgan fingerprint density at radius 2 is 1.90 bits per heavy atom. The number of aryl methyl sites for hydroxylation is 2. The van der Waals surface area contributed by atoms with Gasteiger partial charge < -0.3 is 10.0 Å². The van der Waals surface area contributed by atoms with Gasteiger partial charge in [0.05, 0.1) is 10.9 Å². The monoisotopic (exact) mass is 269 g/mol. The van der Waals surface area contributed by atoms with Crippen LogP contribution in [0.1, 0.15) is 30.7 Å². The molecule has 104 valence electrons. The molecule has 0 atom stereocenters. The van der Waals surface area contributed by atoms with E-state index in [-0.39, 0.29) is 5.75 Å². The van der Waals surface area contributed by atoms with Gasteiger partial charge in [0.15, 0.2) is 0 Å². The van der Waals surface area contributed by atoms with Gasteiger partial charge in [0.25, 0.3) is 0 Å². The van der Waals surface area contributed by atoms with Gasteiger partial charge in [-0.15, -0.1) is 0 Å². The second kappa shape index (κ2) is 5.38. The van der Waals surface area contributed by atoms with Crippen LogP contribution in [0.5, 0.6) is 5.75 Å². The minimum Gasteiger partial charge on any atom is -0.506 e. The molecule has 0 amide bonds. The molecule has 1 N–H and O–H groups in total. The highest BCUT2D eigenvalue weighted by Gasteiger charge is 2.17. The van der Waals surface area contributed by atoms with Gasteiger partial charge in [-0.05, 0) is 50.8 Å². The van der Waals surface area contributed by atoms with E-state index in [0.717, 1.165) is 35.6 Å². The van der Waals surface area contributed by atoms with Crippen LogP contribution >= 0.6 is 0 Å². The van der Waals surface area contributed by atoms with E-state index >= 15 is 0 Å². The van der Waals surface area contributed by atoms with E-state index < -0.39 is 0 Å². The second-order valence-electron chi connectivity index (χ2n) is 4.89. The third-order valence-corrected chi connectivity index (χ3v) is 3.57. The largest absolute Gasteiger partial charge is 0.506 e. The van der Waals surface area contributed by atoms with E-state index in [4.69, 9.17) is 0 Å². The second-order valence-corrected chi connectivity index (χ2v) is 4.89. The number of hydrogen-bond donors (Lipinski definition) is 1. The molecule has 0 unspecified atom stereocenters. The average molecular weight is 269 g/mol. The molecule has 0 bridgehead atoms. The molecule has 0 aliphatic rings. The van der Waals surface area contributed by atoms with E-state index in [9.17, 15) is 10.4 Å². The highest BCUT2D eigenvalue weighted by atomic mass is 16.3. The third-order valence-electron chi connectivity index (χ3n) is 3.57. The summed E-state index contributed by atoms with van der Waals surface area (Å²) in [5, 5.41) is 21.3. The van der Waals surface area contributed by atoms with Gasteiger partial charge in [0, 0.05) is 18.8 Å². The Hall–Kier alpha value is -2.28. The predicted molar refractivity (Wildman–Crippen MR) is 81.2 cm³/mol. The quantitative estimate of drug-likeness (QED) is 0.929. The van der Waals surface area contributed by atoms with Crippen LogP contribution < -0.4 is 4.90 Å². The van der Waals surface area contributed by atoms with Crippen molar-refractivity contribution in [1.82, 2.24) is 4.98 Å². The van der Waals surface area contributed by atoms with Gasteiger partial charge >= 0.3 is 0 Å². The molecule has 2 rings (SSSR count). The van der Waals surface area contributed by atoms with E-state index in [1.165, 1.54) is 0 Å². The van der Waals surface area contributed by atoms with Crippen molar-refractivity contribution in [3.8, 4) is 11.8 Å².